The molecule has 1 aliphatic rings. The van der Waals surface area contributed by atoms with E-state index >= 15 is 0 Å². The first-order valence-corrected chi connectivity index (χ1v) is 9.00. The van der Waals surface area contributed by atoms with Crippen LogP contribution >= 0.6 is 11.6 Å². The second kappa shape index (κ2) is 6.77. The molecule has 1 aromatic carbocycles. The average Bonchev–Trinajstić information content (AvgIpc) is 3.43. The molecule has 0 aliphatic heterocycles. The molecule has 1 aliphatic carbocycles. The molecule has 2 heterocycles. The van der Waals surface area contributed by atoms with Crippen LogP contribution in [0.4, 0.5) is 4.39 Å². The van der Waals surface area contributed by atoms with Gasteiger partial charge in [-0.3, -0.25) is 4.79 Å². The zero-order valence-corrected chi connectivity index (χ0v) is 15.3. The molecular formula is C18H17ClFN5O2. The van der Waals surface area contributed by atoms with Gasteiger partial charge in [-0.1, -0.05) is 17.7 Å². The molecule has 1 N–H and O–H groups in total. The van der Waals surface area contributed by atoms with Crippen LogP contribution in [0.2, 0.25) is 5.02 Å². The predicted molar refractivity (Wildman–Crippen MR) is 97.2 cm³/mol. The van der Waals surface area contributed by atoms with Gasteiger partial charge in [0.25, 0.3) is 0 Å². The number of benzene rings is 1. The van der Waals surface area contributed by atoms with E-state index in [0.717, 1.165) is 17.5 Å². The Kier molecular flexibility index (Phi) is 4.43. The van der Waals surface area contributed by atoms with Crippen LogP contribution in [0.1, 0.15) is 43.1 Å². The molecular weight excluding hydrogens is 373 g/mol. The third kappa shape index (κ3) is 3.44. The van der Waals surface area contributed by atoms with Gasteiger partial charge in [-0.05, 0) is 37.5 Å². The smallest absolute Gasteiger partial charge is 0.348 e. The van der Waals surface area contributed by atoms with Crippen LogP contribution in [0.3, 0.4) is 0 Å². The molecule has 0 spiro atoms. The van der Waals surface area contributed by atoms with Gasteiger partial charge in [0.05, 0.1) is 11.1 Å². The highest BCUT2D eigenvalue weighted by Gasteiger charge is 2.29. The van der Waals surface area contributed by atoms with Crippen LogP contribution in [0.15, 0.2) is 35.3 Å². The van der Waals surface area contributed by atoms with Gasteiger partial charge in [-0.25, -0.2) is 23.3 Å². The highest BCUT2D eigenvalue weighted by molar-refractivity contribution is 6.30. The summed E-state index contributed by atoms with van der Waals surface area (Å²) in [5.41, 5.74) is 0.658. The first-order valence-electron chi connectivity index (χ1n) is 8.63. The number of amides is 1. The minimum Gasteiger partial charge on any atom is -0.348 e. The maximum atomic E-state index is 13.6. The largest absolute Gasteiger partial charge is 0.352 e. The Hall–Kier alpha value is -2.74. The SMILES string of the molecule is C[C@H](NC(=O)Cn1nc2ccnc(C3CC3)n2c1=O)c1ccc(Cl)c(F)c1. The Bertz CT molecular complexity index is 1090. The summed E-state index contributed by atoms with van der Waals surface area (Å²) in [5.74, 6) is 0.0168. The molecule has 0 saturated heterocycles. The van der Waals surface area contributed by atoms with E-state index in [-0.39, 0.29) is 23.2 Å². The van der Waals surface area contributed by atoms with Gasteiger partial charge in [0, 0.05) is 18.2 Å². The topological polar surface area (TPSA) is 81.3 Å². The lowest BCUT2D eigenvalue weighted by Gasteiger charge is -2.14. The lowest BCUT2D eigenvalue weighted by atomic mass is 10.1. The van der Waals surface area contributed by atoms with Crippen molar-refractivity contribution in [2.75, 3.05) is 0 Å². The van der Waals surface area contributed by atoms with Gasteiger partial charge in [-0.2, -0.15) is 0 Å². The fraction of sp³-hybridized carbons (Fsp3) is 0.333. The van der Waals surface area contributed by atoms with Crippen LogP contribution < -0.4 is 11.0 Å². The van der Waals surface area contributed by atoms with E-state index in [1.54, 1.807) is 25.3 Å². The number of hydrogen-bond acceptors (Lipinski definition) is 4. The molecule has 2 aromatic heterocycles. The van der Waals surface area contributed by atoms with Crippen molar-refractivity contribution < 1.29 is 9.18 Å². The van der Waals surface area contributed by atoms with Crippen LogP contribution in [-0.4, -0.2) is 25.1 Å². The Morgan fingerprint density at radius 1 is 1.41 bits per heavy atom. The van der Waals surface area contributed by atoms with Crippen molar-refractivity contribution in [2.45, 2.75) is 38.3 Å². The van der Waals surface area contributed by atoms with Crippen molar-refractivity contribution in [1.82, 2.24) is 24.5 Å². The summed E-state index contributed by atoms with van der Waals surface area (Å²) < 4.78 is 16.2. The number of fused-ring (bicyclic) bond motifs is 1. The van der Waals surface area contributed by atoms with Crippen LogP contribution in [0, 0.1) is 5.82 Å². The van der Waals surface area contributed by atoms with Crippen molar-refractivity contribution in [3.63, 3.8) is 0 Å². The Labute approximate surface area is 158 Å². The second-order valence-electron chi connectivity index (χ2n) is 6.67. The number of halogens is 2. The standard InChI is InChI=1S/C18H17ClFN5O2/c1-10(12-4-5-13(19)14(20)8-12)22-16(26)9-24-18(27)25-15(23-24)6-7-21-17(25)11-2-3-11/h4-8,10-11H,2-3,9H2,1H3,(H,22,26)/t10-/m0/s1. The number of hydrogen-bond donors (Lipinski definition) is 1. The fourth-order valence-corrected chi connectivity index (χ4v) is 3.12. The number of aromatic nitrogens is 4. The first-order chi connectivity index (χ1) is 12.9. The molecule has 0 radical (unpaired) electrons. The van der Waals surface area contributed by atoms with E-state index in [2.05, 4.69) is 15.4 Å². The van der Waals surface area contributed by atoms with Crippen molar-refractivity contribution >= 4 is 23.2 Å². The summed E-state index contributed by atoms with van der Waals surface area (Å²) in [6.07, 6.45) is 3.62. The molecule has 3 aromatic rings. The van der Waals surface area contributed by atoms with Gasteiger partial charge in [0.15, 0.2) is 5.65 Å². The molecule has 4 rings (SSSR count). The number of rotatable bonds is 5. The van der Waals surface area contributed by atoms with Gasteiger partial charge in [0.2, 0.25) is 5.91 Å². The zero-order valence-electron chi connectivity index (χ0n) is 14.5. The Morgan fingerprint density at radius 2 is 2.19 bits per heavy atom. The third-order valence-electron chi connectivity index (χ3n) is 4.58. The van der Waals surface area contributed by atoms with E-state index < -0.39 is 17.8 Å². The number of carbonyl (C=O) groups is 1. The summed E-state index contributed by atoms with van der Waals surface area (Å²) >= 11 is 5.68. The van der Waals surface area contributed by atoms with Gasteiger partial charge in [-0.15, -0.1) is 5.10 Å². The highest BCUT2D eigenvalue weighted by atomic mass is 35.5. The minimum atomic E-state index is -0.549. The lowest BCUT2D eigenvalue weighted by Crippen LogP contribution is -2.34. The van der Waals surface area contributed by atoms with E-state index in [9.17, 15) is 14.0 Å². The normalized spacial score (nSPS) is 15.1. The molecule has 1 atom stereocenters. The molecule has 1 amide bonds. The fourth-order valence-electron chi connectivity index (χ4n) is 3.01. The van der Waals surface area contributed by atoms with Crippen LogP contribution in [0.5, 0.6) is 0 Å². The monoisotopic (exact) mass is 389 g/mol. The summed E-state index contributed by atoms with van der Waals surface area (Å²) in [6.45, 7) is 1.49. The van der Waals surface area contributed by atoms with E-state index in [0.29, 0.717) is 17.0 Å². The predicted octanol–water partition coefficient (Wildman–Crippen LogP) is 2.44. The second-order valence-corrected chi connectivity index (χ2v) is 7.08. The molecule has 0 unspecified atom stereocenters. The van der Waals surface area contributed by atoms with Crippen LogP contribution in [0.25, 0.3) is 5.65 Å². The highest BCUT2D eigenvalue weighted by Crippen LogP contribution is 2.38. The van der Waals surface area contributed by atoms with Crippen molar-refractivity contribution in [1.29, 1.82) is 0 Å². The molecule has 0 bridgehead atoms. The van der Waals surface area contributed by atoms with E-state index in [1.807, 2.05) is 0 Å². The minimum absolute atomic E-state index is 0.0219. The quantitative estimate of drug-likeness (QED) is 0.726. The third-order valence-corrected chi connectivity index (χ3v) is 4.89. The van der Waals surface area contributed by atoms with Gasteiger partial charge in [0.1, 0.15) is 18.2 Å². The van der Waals surface area contributed by atoms with Crippen molar-refractivity contribution in [3.05, 3.63) is 63.2 Å². The van der Waals surface area contributed by atoms with Gasteiger partial charge < -0.3 is 5.32 Å². The lowest BCUT2D eigenvalue weighted by molar-refractivity contribution is -0.122. The summed E-state index contributed by atoms with van der Waals surface area (Å²) in [5, 5.41) is 6.98. The number of carbonyl (C=O) groups excluding carboxylic acids is 1. The molecule has 9 heteroatoms. The Balaban J connectivity index is 1.52. The molecule has 1 fully saturated rings. The first kappa shape index (κ1) is 17.7. The van der Waals surface area contributed by atoms with E-state index in [1.165, 1.54) is 16.5 Å². The summed E-state index contributed by atoms with van der Waals surface area (Å²) in [4.78, 5) is 29.3. The molecule has 140 valence electrons. The van der Waals surface area contributed by atoms with Crippen LogP contribution in [-0.2, 0) is 11.3 Å². The molecule has 27 heavy (non-hydrogen) atoms. The maximum Gasteiger partial charge on any atom is 0.352 e. The number of nitrogens with zero attached hydrogens (tertiary/aromatic N) is 4. The summed E-state index contributed by atoms with van der Waals surface area (Å²) in [6, 6.07) is 5.55. The average molecular weight is 390 g/mol. The Morgan fingerprint density at radius 3 is 2.89 bits per heavy atom. The van der Waals surface area contributed by atoms with E-state index in [4.69, 9.17) is 11.6 Å². The van der Waals surface area contributed by atoms with Gasteiger partial charge >= 0.3 is 5.69 Å². The maximum absolute atomic E-state index is 13.6. The zero-order chi connectivity index (χ0) is 19.1. The summed E-state index contributed by atoms with van der Waals surface area (Å²) in [7, 11) is 0. The number of nitrogens with one attached hydrogen (secondary N) is 1. The van der Waals surface area contributed by atoms with Crippen molar-refractivity contribution in [2.24, 2.45) is 0 Å². The molecule has 1 saturated carbocycles. The molecule has 7 nitrogen and oxygen atoms in total. The van der Waals surface area contributed by atoms with Crippen molar-refractivity contribution in [3.8, 4) is 0 Å².